The monoisotopic (exact) mass is 218 g/mol. The number of hydrogen-bond donors (Lipinski definition) is 1. The van der Waals surface area contributed by atoms with Crippen LogP contribution in [0.1, 0.15) is 24.5 Å². The van der Waals surface area contributed by atoms with E-state index in [0.717, 1.165) is 12.4 Å². The third-order valence-corrected chi connectivity index (χ3v) is 2.97. The summed E-state index contributed by atoms with van der Waals surface area (Å²) in [5, 5.41) is 3.25. The molecule has 1 atom stereocenters. The van der Waals surface area contributed by atoms with Crippen LogP contribution in [0.4, 0.5) is 0 Å². The molecule has 16 heavy (non-hydrogen) atoms. The lowest BCUT2D eigenvalue weighted by Gasteiger charge is -2.14. The average Bonchev–Trinajstić information content (AvgIpc) is 2.88. The van der Waals surface area contributed by atoms with Gasteiger partial charge in [-0.3, -0.25) is 0 Å². The molecule has 0 aliphatic carbocycles. The van der Waals surface area contributed by atoms with Crippen molar-refractivity contribution in [2.75, 3.05) is 7.05 Å². The fraction of sp³-hybridized carbons (Fsp3) is 0.417. The van der Waals surface area contributed by atoms with Crippen molar-refractivity contribution in [2.24, 2.45) is 7.05 Å². The van der Waals surface area contributed by atoms with Gasteiger partial charge >= 0.3 is 0 Å². The first-order valence-electron chi connectivity index (χ1n) is 5.51. The molecule has 0 aliphatic heterocycles. The van der Waals surface area contributed by atoms with Crippen LogP contribution >= 0.6 is 0 Å². The molecule has 1 unspecified atom stereocenters. The Labute approximate surface area is 95.9 Å². The SMILES string of the molecule is CNC(C)c1cccn1Cc1nccn1C. The maximum absolute atomic E-state index is 4.34. The molecular weight excluding hydrogens is 200 g/mol. The maximum Gasteiger partial charge on any atom is 0.128 e. The highest BCUT2D eigenvalue weighted by Gasteiger charge is 2.09. The largest absolute Gasteiger partial charge is 0.342 e. The first-order valence-corrected chi connectivity index (χ1v) is 5.51. The van der Waals surface area contributed by atoms with E-state index in [1.165, 1.54) is 5.69 Å². The van der Waals surface area contributed by atoms with Gasteiger partial charge in [-0.2, -0.15) is 0 Å². The maximum atomic E-state index is 4.34. The number of aryl methyl sites for hydroxylation is 1. The summed E-state index contributed by atoms with van der Waals surface area (Å²) >= 11 is 0. The molecule has 4 nitrogen and oxygen atoms in total. The van der Waals surface area contributed by atoms with Gasteiger partial charge in [0.05, 0.1) is 6.54 Å². The van der Waals surface area contributed by atoms with Gasteiger partial charge in [0.2, 0.25) is 0 Å². The predicted octanol–water partition coefficient (Wildman–Crippen LogP) is 1.55. The van der Waals surface area contributed by atoms with Crippen LogP contribution in [0.25, 0.3) is 0 Å². The van der Waals surface area contributed by atoms with Crippen molar-refractivity contribution in [3.63, 3.8) is 0 Å². The minimum atomic E-state index is 0.357. The van der Waals surface area contributed by atoms with Crippen molar-refractivity contribution in [1.82, 2.24) is 19.4 Å². The van der Waals surface area contributed by atoms with Crippen molar-refractivity contribution >= 4 is 0 Å². The Balaban J connectivity index is 2.22. The predicted molar refractivity (Wildman–Crippen MR) is 64.2 cm³/mol. The van der Waals surface area contributed by atoms with Gasteiger partial charge in [0.1, 0.15) is 5.82 Å². The molecule has 2 aromatic rings. The summed E-state index contributed by atoms with van der Waals surface area (Å²) in [4.78, 5) is 4.34. The standard InChI is InChI=1S/C12H18N4/c1-10(13-2)11-5-4-7-16(11)9-12-14-6-8-15(12)3/h4-8,10,13H,9H2,1-3H3. The molecule has 0 fully saturated rings. The molecule has 1 N–H and O–H groups in total. The summed E-state index contributed by atoms with van der Waals surface area (Å²) < 4.78 is 4.28. The number of imidazole rings is 1. The van der Waals surface area contributed by atoms with Crippen LogP contribution in [0.5, 0.6) is 0 Å². The fourth-order valence-electron chi connectivity index (χ4n) is 1.81. The van der Waals surface area contributed by atoms with Gasteiger partial charge in [0, 0.05) is 37.4 Å². The van der Waals surface area contributed by atoms with Crippen LogP contribution in [0.2, 0.25) is 0 Å². The van der Waals surface area contributed by atoms with Crippen molar-refractivity contribution < 1.29 is 0 Å². The van der Waals surface area contributed by atoms with E-state index in [4.69, 9.17) is 0 Å². The van der Waals surface area contributed by atoms with E-state index < -0.39 is 0 Å². The van der Waals surface area contributed by atoms with Crippen LogP contribution in [-0.2, 0) is 13.6 Å². The van der Waals surface area contributed by atoms with Crippen LogP contribution in [0, 0.1) is 0 Å². The molecule has 0 spiro atoms. The van der Waals surface area contributed by atoms with E-state index in [1.54, 1.807) is 0 Å². The zero-order valence-electron chi connectivity index (χ0n) is 10.0. The molecule has 2 aromatic heterocycles. The first-order chi connectivity index (χ1) is 7.72. The highest BCUT2D eigenvalue weighted by atomic mass is 15.1. The van der Waals surface area contributed by atoms with Gasteiger partial charge in [-0.15, -0.1) is 0 Å². The van der Waals surface area contributed by atoms with E-state index in [0.29, 0.717) is 6.04 Å². The number of nitrogens with one attached hydrogen (secondary N) is 1. The second-order valence-corrected chi connectivity index (χ2v) is 4.03. The molecule has 0 saturated heterocycles. The van der Waals surface area contributed by atoms with Crippen molar-refractivity contribution in [1.29, 1.82) is 0 Å². The lowest BCUT2D eigenvalue weighted by Crippen LogP contribution is -2.17. The van der Waals surface area contributed by atoms with Crippen molar-refractivity contribution in [3.8, 4) is 0 Å². The smallest absolute Gasteiger partial charge is 0.128 e. The summed E-state index contributed by atoms with van der Waals surface area (Å²) in [5.41, 5.74) is 1.28. The molecule has 2 rings (SSSR count). The minimum absolute atomic E-state index is 0.357. The molecule has 86 valence electrons. The van der Waals surface area contributed by atoms with Crippen LogP contribution in [-0.4, -0.2) is 21.2 Å². The van der Waals surface area contributed by atoms with Gasteiger partial charge in [-0.25, -0.2) is 4.98 Å². The lowest BCUT2D eigenvalue weighted by atomic mass is 10.2. The molecule has 2 heterocycles. The third kappa shape index (κ3) is 2.02. The van der Waals surface area contributed by atoms with Crippen molar-refractivity contribution in [2.45, 2.75) is 19.5 Å². The lowest BCUT2D eigenvalue weighted by molar-refractivity contribution is 0.576. The van der Waals surface area contributed by atoms with E-state index in [-0.39, 0.29) is 0 Å². The Morgan fingerprint density at radius 1 is 1.44 bits per heavy atom. The van der Waals surface area contributed by atoms with E-state index in [2.05, 4.69) is 40.1 Å². The number of hydrogen-bond acceptors (Lipinski definition) is 2. The molecular formula is C12H18N4. The van der Waals surface area contributed by atoms with Gasteiger partial charge < -0.3 is 14.5 Å². The Kier molecular flexibility index (Phi) is 3.10. The Morgan fingerprint density at radius 3 is 2.88 bits per heavy atom. The zero-order chi connectivity index (χ0) is 11.5. The molecule has 0 aromatic carbocycles. The second kappa shape index (κ2) is 4.53. The minimum Gasteiger partial charge on any atom is -0.342 e. The van der Waals surface area contributed by atoms with Crippen molar-refractivity contribution in [3.05, 3.63) is 42.2 Å². The molecule has 0 bridgehead atoms. The highest BCUT2D eigenvalue weighted by molar-refractivity contribution is 5.12. The number of rotatable bonds is 4. The molecule has 0 radical (unpaired) electrons. The highest BCUT2D eigenvalue weighted by Crippen LogP contribution is 2.14. The molecule has 0 saturated carbocycles. The summed E-state index contributed by atoms with van der Waals surface area (Å²) in [6, 6.07) is 4.58. The summed E-state index contributed by atoms with van der Waals surface area (Å²) in [5.74, 6) is 1.07. The van der Waals surface area contributed by atoms with Crippen LogP contribution < -0.4 is 5.32 Å². The fourth-order valence-corrected chi connectivity index (χ4v) is 1.81. The summed E-state index contributed by atoms with van der Waals surface area (Å²) in [6.45, 7) is 2.97. The Morgan fingerprint density at radius 2 is 2.25 bits per heavy atom. The Hall–Kier alpha value is -1.55. The third-order valence-electron chi connectivity index (χ3n) is 2.97. The van der Waals surface area contributed by atoms with E-state index in [9.17, 15) is 0 Å². The number of aromatic nitrogens is 3. The van der Waals surface area contributed by atoms with Gasteiger partial charge in [-0.05, 0) is 26.1 Å². The average molecular weight is 218 g/mol. The van der Waals surface area contributed by atoms with Crippen LogP contribution in [0.15, 0.2) is 30.7 Å². The summed E-state index contributed by atoms with van der Waals surface area (Å²) in [7, 11) is 4.00. The van der Waals surface area contributed by atoms with Gasteiger partial charge in [-0.1, -0.05) is 0 Å². The zero-order valence-corrected chi connectivity index (χ0v) is 10.0. The van der Waals surface area contributed by atoms with Crippen LogP contribution in [0.3, 0.4) is 0 Å². The summed E-state index contributed by atoms with van der Waals surface area (Å²) in [6.07, 6.45) is 5.90. The molecule has 4 heteroatoms. The first kappa shape index (κ1) is 11.0. The molecule has 0 amide bonds. The molecule has 0 aliphatic rings. The van der Waals surface area contributed by atoms with E-state index in [1.807, 2.05) is 31.1 Å². The van der Waals surface area contributed by atoms with E-state index >= 15 is 0 Å². The topological polar surface area (TPSA) is 34.8 Å². The number of nitrogens with zero attached hydrogens (tertiary/aromatic N) is 3. The van der Waals surface area contributed by atoms with Gasteiger partial charge in [0.15, 0.2) is 0 Å². The second-order valence-electron chi connectivity index (χ2n) is 4.03. The van der Waals surface area contributed by atoms with Gasteiger partial charge in [0.25, 0.3) is 0 Å². The Bertz CT molecular complexity index is 455. The normalized spacial score (nSPS) is 12.9. The quantitative estimate of drug-likeness (QED) is 0.845.